The summed E-state index contributed by atoms with van der Waals surface area (Å²) in [5, 5.41) is 8.64. The maximum absolute atomic E-state index is 10.9. The van der Waals surface area contributed by atoms with Gasteiger partial charge in [0.25, 0.3) is 0 Å². The average molecular weight is 236 g/mol. The summed E-state index contributed by atoms with van der Waals surface area (Å²) in [4.78, 5) is 23.1. The summed E-state index contributed by atoms with van der Waals surface area (Å²) in [7, 11) is 0. The van der Waals surface area contributed by atoms with E-state index in [9.17, 15) is 9.59 Å². The van der Waals surface area contributed by atoms with Crippen molar-refractivity contribution < 1.29 is 14.7 Å². The van der Waals surface area contributed by atoms with Gasteiger partial charge < -0.3 is 15.7 Å². The van der Waals surface area contributed by atoms with Gasteiger partial charge in [0.15, 0.2) is 0 Å². The highest BCUT2D eigenvalue weighted by Gasteiger charge is 2.10. The first-order chi connectivity index (χ1) is 7.99. The predicted octanol–water partition coefficient (Wildman–Crippen LogP) is 0.761. The molecule has 1 aromatic rings. The number of benzene rings is 1. The number of hydrogen-bond acceptors (Lipinski definition) is 3. The Kier molecular flexibility index (Phi) is 4.51. The lowest BCUT2D eigenvalue weighted by Gasteiger charge is -2.22. The van der Waals surface area contributed by atoms with Crippen LogP contribution in [0.2, 0.25) is 0 Å². The first-order valence-electron chi connectivity index (χ1n) is 5.31. The molecule has 0 aliphatic heterocycles. The number of carbonyl (C=O) groups is 2. The van der Waals surface area contributed by atoms with Crippen molar-refractivity contribution >= 4 is 17.6 Å². The maximum atomic E-state index is 10.9. The highest BCUT2D eigenvalue weighted by molar-refractivity contribution is 5.80. The number of aryl methyl sites for hydroxylation is 1. The summed E-state index contributed by atoms with van der Waals surface area (Å²) in [5.41, 5.74) is 7.04. The molecule has 0 aliphatic carbocycles. The summed E-state index contributed by atoms with van der Waals surface area (Å²) in [6.45, 7) is 2.25. The molecule has 0 spiro atoms. The fraction of sp³-hybridized carbons (Fsp3) is 0.333. The highest BCUT2D eigenvalue weighted by Crippen LogP contribution is 2.15. The smallest absolute Gasteiger partial charge is 0.305 e. The molecule has 3 N–H and O–H groups in total. The van der Waals surface area contributed by atoms with Crippen LogP contribution in [-0.4, -0.2) is 30.1 Å². The molecule has 1 aromatic carbocycles. The van der Waals surface area contributed by atoms with E-state index < -0.39 is 11.9 Å². The highest BCUT2D eigenvalue weighted by atomic mass is 16.4. The Morgan fingerprint density at radius 1 is 1.29 bits per heavy atom. The molecule has 17 heavy (non-hydrogen) atoms. The van der Waals surface area contributed by atoms with Crippen molar-refractivity contribution in [2.24, 2.45) is 5.73 Å². The largest absolute Gasteiger partial charge is 0.481 e. The molecule has 0 atom stereocenters. The number of amides is 1. The maximum Gasteiger partial charge on any atom is 0.305 e. The number of nitrogens with zero attached hydrogens (tertiary/aromatic N) is 1. The van der Waals surface area contributed by atoms with Gasteiger partial charge in [0, 0.05) is 12.2 Å². The number of aliphatic carboxylic acids is 1. The summed E-state index contributed by atoms with van der Waals surface area (Å²) in [5.74, 6) is -1.37. The molecule has 5 heteroatoms. The number of carbonyl (C=O) groups excluding carboxylic acids is 1. The van der Waals surface area contributed by atoms with Gasteiger partial charge in [-0.1, -0.05) is 17.7 Å². The molecule has 1 amide bonds. The summed E-state index contributed by atoms with van der Waals surface area (Å²) in [6, 6.07) is 7.51. The van der Waals surface area contributed by atoms with Crippen molar-refractivity contribution in [3.63, 3.8) is 0 Å². The molecule has 0 radical (unpaired) electrons. The van der Waals surface area contributed by atoms with E-state index in [-0.39, 0.29) is 19.5 Å². The quantitative estimate of drug-likeness (QED) is 0.763. The van der Waals surface area contributed by atoms with Crippen LogP contribution in [0, 0.1) is 6.92 Å². The minimum Gasteiger partial charge on any atom is -0.481 e. The number of carboxylic acids is 1. The number of rotatable bonds is 6. The monoisotopic (exact) mass is 236 g/mol. The minimum atomic E-state index is -0.897. The Morgan fingerprint density at radius 2 is 1.88 bits per heavy atom. The van der Waals surface area contributed by atoms with Crippen LogP contribution in [0.5, 0.6) is 0 Å². The van der Waals surface area contributed by atoms with Gasteiger partial charge in [0.2, 0.25) is 5.91 Å². The van der Waals surface area contributed by atoms with Crippen LogP contribution in [0.1, 0.15) is 12.0 Å². The van der Waals surface area contributed by atoms with Crippen LogP contribution in [0.3, 0.4) is 0 Å². The van der Waals surface area contributed by atoms with Crippen molar-refractivity contribution in [2.45, 2.75) is 13.3 Å². The molecule has 0 unspecified atom stereocenters. The van der Waals surface area contributed by atoms with Crippen molar-refractivity contribution in [1.82, 2.24) is 0 Å². The van der Waals surface area contributed by atoms with E-state index in [4.69, 9.17) is 10.8 Å². The molecule has 0 aliphatic rings. The van der Waals surface area contributed by atoms with Gasteiger partial charge >= 0.3 is 5.97 Å². The Hall–Kier alpha value is -2.04. The van der Waals surface area contributed by atoms with Gasteiger partial charge in [-0.3, -0.25) is 9.59 Å². The van der Waals surface area contributed by atoms with Gasteiger partial charge in [0.1, 0.15) is 0 Å². The molecular formula is C12H16N2O3. The fourth-order valence-electron chi connectivity index (χ4n) is 1.47. The molecule has 5 nitrogen and oxygen atoms in total. The molecule has 0 bridgehead atoms. The zero-order valence-electron chi connectivity index (χ0n) is 9.72. The van der Waals surface area contributed by atoms with E-state index in [0.717, 1.165) is 11.3 Å². The molecule has 1 rings (SSSR count). The molecule has 0 aromatic heterocycles. The third-order valence-corrected chi connectivity index (χ3v) is 2.34. The number of anilines is 1. The van der Waals surface area contributed by atoms with Crippen LogP contribution in [0.25, 0.3) is 0 Å². The van der Waals surface area contributed by atoms with Crippen molar-refractivity contribution in [2.75, 3.05) is 18.0 Å². The SMILES string of the molecule is Cc1ccc(N(CCC(=O)O)CC(N)=O)cc1. The Labute approximate surface area is 99.8 Å². The summed E-state index contributed by atoms with van der Waals surface area (Å²) < 4.78 is 0. The van der Waals surface area contributed by atoms with Crippen LogP contribution in [0.15, 0.2) is 24.3 Å². The lowest BCUT2D eigenvalue weighted by molar-refractivity contribution is -0.136. The lowest BCUT2D eigenvalue weighted by Crippen LogP contribution is -2.35. The topological polar surface area (TPSA) is 83.6 Å². The van der Waals surface area contributed by atoms with E-state index in [2.05, 4.69) is 0 Å². The zero-order valence-corrected chi connectivity index (χ0v) is 9.72. The van der Waals surface area contributed by atoms with Gasteiger partial charge in [-0.2, -0.15) is 0 Å². The first kappa shape index (κ1) is 13.0. The minimum absolute atomic E-state index is 0.0241. The predicted molar refractivity (Wildman–Crippen MR) is 64.8 cm³/mol. The van der Waals surface area contributed by atoms with Crippen molar-refractivity contribution in [3.8, 4) is 0 Å². The van der Waals surface area contributed by atoms with Crippen LogP contribution in [0.4, 0.5) is 5.69 Å². The lowest BCUT2D eigenvalue weighted by atomic mass is 10.2. The third-order valence-electron chi connectivity index (χ3n) is 2.34. The van der Waals surface area contributed by atoms with Gasteiger partial charge in [-0.15, -0.1) is 0 Å². The van der Waals surface area contributed by atoms with Crippen LogP contribution >= 0.6 is 0 Å². The van der Waals surface area contributed by atoms with Crippen molar-refractivity contribution in [3.05, 3.63) is 29.8 Å². The number of hydrogen-bond donors (Lipinski definition) is 2. The van der Waals surface area contributed by atoms with Gasteiger partial charge in [0.05, 0.1) is 13.0 Å². The van der Waals surface area contributed by atoms with Crippen LogP contribution in [-0.2, 0) is 9.59 Å². The van der Waals surface area contributed by atoms with E-state index in [1.807, 2.05) is 31.2 Å². The first-order valence-corrected chi connectivity index (χ1v) is 5.31. The van der Waals surface area contributed by atoms with E-state index in [0.29, 0.717) is 0 Å². The normalized spacial score (nSPS) is 9.94. The molecule has 92 valence electrons. The molecule has 0 saturated carbocycles. The van der Waals surface area contributed by atoms with E-state index in [1.165, 1.54) is 0 Å². The van der Waals surface area contributed by atoms with Gasteiger partial charge in [-0.05, 0) is 19.1 Å². The second-order valence-corrected chi connectivity index (χ2v) is 3.87. The molecular weight excluding hydrogens is 220 g/mol. The summed E-state index contributed by atoms with van der Waals surface area (Å²) in [6.07, 6.45) is -0.0266. The average Bonchev–Trinajstić information content (AvgIpc) is 2.25. The fourth-order valence-corrected chi connectivity index (χ4v) is 1.47. The van der Waals surface area contributed by atoms with Gasteiger partial charge in [-0.25, -0.2) is 0 Å². The van der Waals surface area contributed by atoms with Crippen molar-refractivity contribution in [1.29, 1.82) is 0 Å². The molecule has 0 heterocycles. The number of primary amides is 1. The molecule has 0 fully saturated rings. The summed E-state index contributed by atoms with van der Waals surface area (Å²) >= 11 is 0. The third kappa shape index (κ3) is 4.55. The number of carboxylic acid groups (broad SMARTS) is 1. The Morgan fingerprint density at radius 3 is 2.35 bits per heavy atom. The molecule has 0 saturated heterocycles. The van der Waals surface area contributed by atoms with E-state index in [1.54, 1.807) is 4.90 Å². The second-order valence-electron chi connectivity index (χ2n) is 3.87. The standard InChI is InChI=1S/C12H16N2O3/c1-9-2-4-10(5-3-9)14(8-11(13)15)7-6-12(16)17/h2-5H,6-8H2,1H3,(H2,13,15)(H,16,17). The Balaban J connectivity index is 2.77. The second kappa shape index (κ2) is 5.89. The number of nitrogens with two attached hydrogens (primary N) is 1. The zero-order chi connectivity index (χ0) is 12.8. The Bertz CT molecular complexity index is 401. The van der Waals surface area contributed by atoms with E-state index >= 15 is 0 Å². The van der Waals surface area contributed by atoms with Crippen LogP contribution < -0.4 is 10.6 Å².